The van der Waals surface area contributed by atoms with Gasteiger partial charge in [-0.25, -0.2) is 4.79 Å². The number of carbonyl (C=O) groups excluding carboxylic acids is 1. The molecule has 0 aliphatic rings. The van der Waals surface area contributed by atoms with Gasteiger partial charge < -0.3 is 19.9 Å². The van der Waals surface area contributed by atoms with Gasteiger partial charge >= 0.3 is 19.2 Å². The molecule has 4 N–H and O–H groups in total. The number of hydrogen-bond acceptors (Lipinski definition) is 5. The molecule has 0 saturated heterocycles. The Morgan fingerprint density at radius 3 is 2.32 bits per heavy atom. The van der Waals surface area contributed by atoms with Gasteiger partial charge in [0.15, 0.2) is 0 Å². The summed E-state index contributed by atoms with van der Waals surface area (Å²) in [6, 6.07) is 2.84. The maximum absolute atomic E-state index is 11.8. The second-order valence-corrected chi connectivity index (χ2v) is 5.92. The number of carboxylic acids is 1. The minimum atomic E-state index is -1.77. The molecule has 1 amide bonds. The van der Waals surface area contributed by atoms with Crippen molar-refractivity contribution in [3.63, 3.8) is 0 Å². The lowest BCUT2D eigenvalue weighted by Gasteiger charge is -2.20. The Morgan fingerprint density at radius 2 is 1.86 bits per heavy atom. The molecular formula is C14H20BNO6. The van der Waals surface area contributed by atoms with E-state index in [-0.39, 0.29) is 17.6 Å². The van der Waals surface area contributed by atoms with Crippen LogP contribution < -0.4 is 10.8 Å². The highest BCUT2D eigenvalue weighted by atomic mass is 16.6. The van der Waals surface area contributed by atoms with Crippen LogP contribution in [0.3, 0.4) is 0 Å². The Hall–Kier alpha value is -2.06. The molecule has 1 aromatic rings. The summed E-state index contributed by atoms with van der Waals surface area (Å²) in [5.41, 5.74) is 0.512. The van der Waals surface area contributed by atoms with Crippen LogP contribution in [0.1, 0.15) is 31.9 Å². The van der Waals surface area contributed by atoms with Crippen molar-refractivity contribution >= 4 is 30.3 Å². The molecule has 0 heterocycles. The predicted octanol–water partition coefficient (Wildman–Crippen LogP) is 0.649. The van der Waals surface area contributed by atoms with Gasteiger partial charge in [-0.15, -0.1) is 0 Å². The lowest BCUT2D eigenvalue weighted by molar-refractivity contribution is -0.136. The van der Waals surface area contributed by atoms with E-state index in [1.54, 1.807) is 27.7 Å². The zero-order valence-electron chi connectivity index (χ0n) is 13.0. The Morgan fingerprint density at radius 1 is 1.27 bits per heavy atom. The summed E-state index contributed by atoms with van der Waals surface area (Å²) in [6.45, 7) is 6.71. The summed E-state index contributed by atoms with van der Waals surface area (Å²) < 4.78 is 5.10. The van der Waals surface area contributed by atoms with Crippen molar-refractivity contribution in [1.29, 1.82) is 0 Å². The van der Waals surface area contributed by atoms with Gasteiger partial charge in [0.1, 0.15) is 5.60 Å². The number of ether oxygens (including phenoxy) is 1. The summed E-state index contributed by atoms with van der Waals surface area (Å²) in [5.74, 6) is -1.06. The molecule has 0 fully saturated rings. The smallest absolute Gasteiger partial charge is 0.481 e. The van der Waals surface area contributed by atoms with E-state index < -0.39 is 24.8 Å². The van der Waals surface area contributed by atoms with E-state index in [9.17, 15) is 19.6 Å². The van der Waals surface area contributed by atoms with E-state index in [0.29, 0.717) is 11.1 Å². The third-order valence-corrected chi connectivity index (χ3v) is 2.82. The number of carbonyl (C=O) groups is 2. The molecule has 0 aliphatic carbocycles. The minimum Gasteiger partial charge on any atom is -0.481 e. The van der Waals surface area contributed by atoms with Gasteiger partial charge in [-0.3, -0.25) is 10.1 Å². The average Bonchev–Trinajstić information content (AvgIpc) is 2.29. The lowest BCUT2D eigenvalue weighted by Crippen LogP contribution is -2.34. The van der Waals surface area contributed by atoms with Crippen molar-refractivity contribution in [3.05, 3.63) is 23.3 Å². The Labute approximate surface area is 129 Å². The standard InChI is InChI=1S/C14H20BNO6/c1-8-9(6-12(17)18)5-10(7-11(8)15(20)21)16-13(19)22-14(2,3)4/h5,7,20-21H,6H2,1-4H3,(H,16,19)(H,17,18). The van der Waals surface area contributed by atoms with E-state index in [2.05, 4.69) is 5.32 Å². The number of anilines is 1. The van der Waals surface area contributed by atoms with Crippen molar-refractivity contribution in [2.24, 2.45) is 0 Å². The van der Waals surface area contributed by atoms with Crippen LogP contribution >= 0.6 is 0 Å². The highest BCUT2D eigenvalue weighted by molar-refractivity contribution is 6.59. The van der Waals surface area contributed by atoms with Gasteiger partial charge in [0.05, 0.1) is 6.42 Å². The van der Waals surface area contributed by atoms with Gasteiger partial charge in [-0.1, -0.05) is 0 Å². The zero-order chi connectivity index (χ0) is 17.1. The molecule has 22 heavy (non-hydrogen) atoms. The molecule has 1 rings (SSSR count). The van der Waals surface area contributed by atoms with Crippen molar-refractivity contribution < 1.29 is 29.5 Å². The van der Waals surface area contributed by atoms with E-state index in [1.165, 1.54) is 12.1 Å². The Balaban J connectivity index is 3.11. The maximum atomic E-state index is 11.8. The molecule has 0 bridgehead atoms. The molecule has 0 radical (unpaired) electrons. The van der Waals surface area contributed by atoms with Crippen LogP contribution in [0.4, 0.5) is 10.5 Å². The van der Waals surface area contributed by atoms with E-state index in [0.717, 1.165) is 0 Å². The van der Waals surface area contributed by atoms with Gasteiger partial charge in [-0.2, -0.15) is 0 Å². The molecule has 0 saturated carbocycles. The van der Waals surface area contributed by atoms with Gasteiger partial charge in [0.25, 0.3) is 0 Å². The first-order valence-electron chi connectivity index (χ1n) is 6.71. The number of aliphatic carboxylic acids is 1. The molecule has 1 aromatic carbocycles. The second-order valence-electron chi connectivity index (χ2n) is 5.92. The zero-order valence-corrected chi connectivity index (χ0v) is 13.0. The number of benzene rings is 1. The predicted molar refractivity (Wildman–Crippen MR) is 82.2 cm³/mol. The molecule has 7 nitrogen and oxygen atoms in total. The van der Waals surface area contributed by atoms with E-state index >= 15 is 0 Å². The number of nitrogens with one attached hydrogen (secondary N) is 1. The van der Waals surface area contributed by atoms with Crippen LogP contribution in [-0.4, -0.2) is 39.9 Å². The van der Waals surface area contributed by atoms with E-state index in [1.807, 2.05) is 0 Å². The molecule has 0 spiro atoms. The molecular weight excluding hydrogens is 289 g/mol. The fourth-order valence-corrected chi connectivity index (χ4v) is 1.91. The Kier molecular flexibility index (Phi) is 5.56. The first kappa shape index (κ1) is 18.0. The van der Waals surface area contributed by atoms with Crippen molar-refractivity contribution in [2.45, 2.75) is 39.7 Å². The average molecular weight is 309 g/mol. The van der Waals surface area contributed by atoms with Crippen LogP contribution in [0.25, 0.3) is 0 Å². The molecule has 0 aliphatic heterocycles. The van der Waals surface area contributed by atoms with Crippen LogP contribution in [0, 0.1) is 6.92 Å². The summed E-state index contributed by atoms with van der Waals surface area (Å²) in [7, 11) is -1.77. The number of amides is 1. The highest BCUT2D eigenvalue weighted by Crippen LogP contribution is 2.17. The number of rotatable bonds is 4. The van der Waals surface area contributed by atoms with Crippen molar-refractivity contribution in [1.82, 2.24) is 0 Å². The summed E-state index contributed by atoms with van der Waals surface area (Å²) in [5, 5.41) is 30.1. The molecule has 8 heteroatoms. The SMILES string of the molecule is Cc1c(CC(=O)O)cc(NC(=O)OC(C)(C)C)cc1B(O)O. The van der Waals surface area contributed by atoms with Gasteiger partial charge in [-0.05, 0) is 56.4 Å². The van der Waals surface area contributed by atoms with Gasteiger partial charge in [0.2, 0.25) is 0 Å². The normalized spacial score (nSPS) is 11.0. The molecule has 0 atom stereocenters. The van der Waals surface area contributed by atoms with Crippen LogP contribution in [-0.2, 0) is 16.0 Å². The highest BCUT2D eigenvalue weighted by Gasteiger charge is 2.21. The molecule has 120 valence electrons. The summed E-state index contributed by atoms with van der Waals surface area (Å²) >= 11 is 0. The third-order valence-electron chi connectivity index (χ3n) is 2.82. The number of hydrogen-bond donors (Lipinski definition) is 4. The van der Waals surface area contributed by atoms with Gasteiger partial charge in [0, 0.05) is 5.69 Å². The van der Waals surface area contributed by atoms with Crippen LogP contribution in [0.2, 0.25) is 0 Å². The Bertz CT molecular complexity index is 579. The van der Waals surface area contributed by atoms with Crippen molar-refractivity contribution in [2.75, 3.05) is 5.32 Å². The third kappa shape index (κ3) is 5.38. The summed E-state index contributed by atoms with van der Waals surface area (Å²) in [4.78, 5) is 22.6. The second kappa shape index (κ2) is 6.80. The number of carboxylic acid groups (broad SMARTS) is 1. The maximum Gasteiger partial charge on any atom is 0.488 e. The van der Waals surface area contributed by atoms with Crippen molar-refractivity contribution in [3.8, 4) is 0 Å². The monoisotopic (exact) mass is 309 g/mol. The minimum absolute atomic E-state index is 0.129. The fraction of sp³-hybridized carbons (Fsp3) is 0.429. The molecule has 0 unspecified atom stereocenters. The van der Waals surface area contributed by atoms with Crippen LogP contribution in [0.5, 0.6) is 0 Å². The topological polar surface area (TPSA) is 116 Å². The van der Waals surface area contributed by atoms with E-state index in [4.69, 9.17) is 9.84 Å². The first-order valence-corrected chi connectivity index (χ1v) is 6.71. The largest absolute Gasteiger partial charge is 0.488 e. The quantitative estimate of drug-likeness (QED) is 0.607. The first-order chi connectivity index (χ1) is 9.99. The lowest BCUT2D eigenvalue weighted by atomic mass is 9.75. The van der Waals surface area contributed by atoms with Crippen LogP contribution in [0.15, 0.2) is 12.1 Å². The fourth-order valence-electron chi connectivity index (χ4n) is 1.91. The molecule has 0 aromatic heterocycles. The summed E-state index contributed by atoms with van der Waals surface area (Å²) in [6.07, 6.45) is -1.01.